The van der Waals surface area contributed by atoms with Gasteiger partial charge < -0.3 is 14.8 Å². The molecule has 0 aromatic heterocycles. The Labute approximate surface area is 112 Å². The summed E-state index contributed by atoms with van der Waals surface area (Å²) < 4.78 is 11.7. The van der Waals surface area contributed by atoms with Crippen molar-refractivity contribution in [1.29, 1.82) is 0 Å². The largest absolute Gasteiger partial charge is 0.493 e. The van der Waals surface area contributed by atoms with Crippen molar-refractivity contribution in [3.63, 3.8) is 0 Å². The molecule has 0 spiro atoms. The summed E-state index contributed by atoms with van der Waals surface area (Å²) in [5.41, 5.74) is 1.10. The summed E-state index contributed by atoms with van der Waals surface area (Å²) >= 11 is 3.48. The third kappa shape index (κ3) is 3.89. The van der Waals surface area contributed by atoms with Crippen LogP contribution in [0.1, 0.15) is 25.8 Å². The van der Waals surface area contributed by atoms with Gasteiger partial charge >= 0.3 is 0 Å². The van der Waals surface area contributed by atoms with E-state index in [1.807, 2.05) is 6.07 Å². The molecular formula is C13H20BrNO2. The molecule has 17 heavy (non-hydrogen) atoms. The van der Waals surface area contributed by atoms with E-state index >= 15 is 0 Å². The molecular weight excluding hydrogens is 282 g/mol. The first-order valence-corrected chi connectivity index (χ1v) is 6.55. The minimum absolute atomic E-state index is 0.490. The summed E-state index contributed by atoms with van der Waals surface area (Å²) in [4.78, 5) is 0. The molecule has 0 amide bonds. The van der Waals surface area contributed by atoms with Crippen molar-refractivity contribution in [3.8, 4) is 11.5 Å². The van der Waals surface area contributed by atoms with Crippen molar-refractivity contribution in [2.45, 2.75) is 32.9 Å². The maximum atomic E-state index is 5.40. The van der Waals surface area contributed by atoms with Crippen molar-refractivity contribution >= 4 is 15.9 Å². The Balaban J connectivity index is 2.92. The minimum atomic E-state index is 0.490. The van der Waals surface area contributed by atoms with Crippen LogP contribution < -0.4 is 14.8 Å². The summed E-state index contributed by atoms with van der Waals surface area (Å²) in [6, 6.07) is 4.45. The van der Waals surface area contributed by atoms with Gasteiger partial charge in [0, 0.05) is 22.6 Å². The van der Waals surface area contributed by atoms with Gasteiger partial charge in [0.15, 0.2) is 11.5 Å². The second-order valence-corrected chi connectivity index (χ2v) is 4.91. The molecule has 3 nitrogen and oxygen atoms in total. The topological polar surface area (TPSA) is 30.5 Å². The molecule has 1 rings (SSSR count). The van der Waals surface area contributed by atoms with Crippen molar-refractivity contribution in [2.75, 3.05) is 14.2 Å². The zero-order valence-corrected chi connectivity index (χ0v) is 12.4. The SMILES string of the molecule is CCC(C)NCc1cc(Br)cc(OC)c1OC. The number of rotatable bonds is 6. The number of ether oxygens (including phenoxy) is 2. The van der Waals surface area contributed by atoms with E-state index in [4.69, 9.17) is 9.47 Å². The van der Waals surface area contributed by atoms with Crippen LogP contribution in [0.4, 0.5) is 0 Å². The Hall–Kier alpha value is -0.740. The van der Waals surface area contributed by atoms with Crippen molar-refractivity contribution in [1.82, 2.24) is 5.32 Å². The van der Waals surface area contributed by atoms with E-state index in [1.54, 1.807) is 14.2 Å². The third-order valence-corrected chi connectivity index (χ3v) is 3.23. The molecule has 4 heteroatoms. The number of nitrogens with one attached hydrogen (secondary N) is 1. The van der Waals surface area contributed by atoms with Gasteiger partial charge in [-0.1, -0.05) is 22.9 Å². The van der Waals surface area contributed by atoms with Crippen LogP contribution in [0.25, 0.3) is 0 Å². The molecule has 1 N–H and O–H groups in total. The number of hydrogen-bond donors (Lipinski definition) is 1. The van der Waals surface area contributed by atoms with Crippen LogP contribution in [0.2, 0.25) is 0 Å². The summed E-state index contributed by atoms with van der Waals surface area (Å²) in [6.45, 7) is 5.10. The first-order chi connectivity index (χ1) is 8.12. The highest BCUT2D eigenvalue weighted by molar-refractivity contribution is 9.10. The molecule has 0 radical (unpaired) electrons. The smallest absolute Gasteiger partial charge is 0.165 e. The molecule has 0 aliphatic rings. The van der Waals surface area contributed by atoms with Crippen LogP contribution in [-0.2, 0) is 6.54 Å². The van der Waals surface area contributed by atoms with Gasteiger partial charge in [-0.15, -0.1) is 0 Å². The molecule has 0 bridgehead atoms. The lowest BCUT2D eigenvalue weighted by Crippen LogP contribution is -2.24. The summed E-state index contributed by atoms with van der Waals surface area (Å²) in [6.07, 6.45) is 1.10. The molecule has 0 heterocycles. The number of methoxy groups -OCH3 is 2. The van der Waals surface area contributed by atoms with Crippen molar-refractivity contribution in [3.05, 3.63) is 22.2 Å². The highest BCUT2D eigenvalue weighted by Crippen LogP contribution is 2.34. The fourth-order valence-electron chi connectivity index (χ4n) is 1.57. The summed E-state index contributed by atoms with van der Waals surface area (Å²) in [5, 5.41) is 3.45. The summed E-state index contributed by atoms with van der Waals surface area (Å²) in [7, 11) is 3.31. The van der Waals surface area contributed by atoms with Crippen LogP contribution in [0, 0.1) is 0 Å². The normalized spacial score (nSPS) is 12.3. The fourth-order valence-corrected chi connectivity index (χ4v) is 2.05. The predicted molar refractivity (Wildman–Crippen MR) is 73.8 cm³/mol. The zero-order chi connectivity index (χ0) is 12.8. The monoisotopic (exact) mass is 301 g/mol. The van der Waals surface area contributed by atoms with Gasteiger partial charge in [0.1, 0.15) is 0 Å². The van der Waals surface area contributed by atoms with E-state index in [9.17, 15) is 0 Å². The Kier molecular flexibility index (Phi) is 5.78. The van der Waals surface area contributed by atoms with Crippen LogP contribution in [0.15, 0.2) is 16.6 Å². The highest BCUT2D eigenvalue weighted by Gasteiger charge is 2.12. The molecule has 1 aromatic carbocycles. The molecule has 1 aromatic rings. The van der Waals surface area contributed by atoms with E-state index in [2.05, 4.69) is 41.2 Å². The van der Waals surface area contributed by atoms with Crippen LogP contribution >= 0.6 is 15.9 Å². The Morgan fingerprint density at radius 1 is 1.29 bits per heavy atom. The van der Waals surface area contributed by atoms with E-state index < -0.39 is 0 Å². The maximum absolute atomic E-state index is 5.40. The van der Waals surface area contributed by atoms with Crippen LogP contribution in [-0.4, -0.2) is 20.3 Å². The molecule has 1 atom stereocenters. The number of halogens is 1. The molecule has 0 saturated heterocycles. The molecule has 0 aliphatic carbocycles. The first kappa shape index (κ1) is 14.3. The van der Waals surface area contributed by atoms with Gasteiger partial charge in [0.25, 0.3) is 0 Å². The zero-order valence-electron chi connectivity index (χ0n) is 10.8. The Bertz CT molecular complexity index is 369. The molecule has 0 saturated carbocycles. The van der Waals surface area contributed by atoms with Crippen molar-refractivity contribution in [2.24, 2.45) is 0 Å². The second kappa shape index (κ2) is 6.87. The van der Waals surface area contributed by atoms with Gasteiger partial charge in [-0.05, 0) is 25.5 Å². The lowest BCUT2D eigenvalue weighted by Gasteiger charge is -2.16. The fraction of sp³-hybridized carbons (Fsp3) is 0.538. The molecule has 1 unspecified atom stereocenters. The molecule has 0 aliphatic heterocycles. The minimum Gasteiger partial charge on any atom is -0.493 e. The van der Waals surface area contributed by atoms with Crippen molar-refractivity contribution < 1.29 is 9.47 Å². The van der Waals surface area contributed by atoms with E-state index in [1.165, 1.54) is 0 Å². The van der Waals surface area contributed by atoms with E-state index in [-0.39, 0.29) is 0 Å². The van der Waals surface area contributed by atoms with Gasteiger partial charge in [-0.3, -0.25) is 0 Å². The highest BCUT2D eigenvalue weighted by atomic mass is 79.9. The lowest BCUT2D eigenvalue weighted by molar-refractivity contribution is 0.349. The van der Waals surface area contributed by atoms with Gasteiger partial charge in [0.05, 0.1) is 14.2 Å². The maximum Gasteiger partial charge on any atom is 0.165 e. The Morgan fingerprint density at radius 3 is 2.53 bits per heavy atom. The van der Waals surface area contributed by atoms with Gasteiger partial charge in [-0.2, -0.15) is 0 Å². The number of hydrogen-bond acceptors (Lipinski definition) is 3. The number of benzene rings is 1. The molecule has 96 valence electrons. The predicted octanol–water partition coefficient (Wildman–Crippen LogP) is 3.35. The van der Waals surface area contributed by atoms with E-state index in [0.717, 1.165) is 34.5 Å². The summed E-state index contributed by atoms with van der Waals surface area (Å²) in [5.74, 6) is 1.55. The standard InChI is InChI=1S/C13H20BrNO2/c1-5-9(2)15-8-10-6-11(14)7-12(16-3)13(10)17-4/h6-7,9,15H,5,8H2,1-4H3. The average molecular weight is 302 g/mol. The van der Waals surface area contributed by atoms with E-state index in [0.29, 0.717) is 6.04 Å². The van der Waals surface area contributed by atoms with Gasteiger partial charge in [-0.25, -0.2) is 0 Å². The van der Waals surface area contributed by atoms with Crippen LogP contribution in [0.5, 0.6) is 11.5 Å². The molecule has 0 fully saturated rings. The Morgan fingerprint density at radius 2 is 2.00 bits per heavy atom. The van der Waals surface area contributed by atoms with Gasteiger partial charge in [0.2, 0.25) is 0 Å². The lowest BCUT2D eigenvalue weighted by atomic mass is 10.1. The quantitative estimate of drug-likeness (QED) is 0.874. The third-order valence-electron chi connectivity index (χ3n) is 2.77. The van der Waals surface area contributed by atoms with Crippen LogP contribution in [0.3, 0.4) is 0 Å². The average Bonchev–Trinajstić information content (AvgIpc) is 2.34. The first-order valence-electron chi connectivity index (χ1n) is 5.76. The second-order valence-electron chi connectivity index (χ2n) is 3.99.